The van der Waals surface area contributed by atoms with Gasteiger partial charge in [0.2, 0.25) is 5.91 Å². The number of carbonyl (C=O) groups excluding carboxylic acids is 1. The number of likely N-dealkylation sites (N-methyl/N-ethyl adjacent to an activating group) is 1. The number of hydrogen-bond acceptors (Lipinski definition) is 3. The summed E-state index contributed by atoms with van der Waals surface area (Å²) in [7, 11) is 2.06. The minimum absolute atomic E-state index is 0.0866. The number of carbonyl (C=O) groups is 1. The Labute approximate surface area is 102 Å². The maximum Gasteiger partial charge on any atom is 0.241 e. The zero-order valence-electron chi connectivity index (χ0n) is 10.1. The number of hydrogen-bond donors (Lipinski definition) is 2. The lowest BCUT2D eigenvalue weighted by Crippen LogP contribution is -2.41. The maximum atomic E-state index is 12.0. The predicted molar refractivity (Wildman–Crippen MR) is 67.4 cm³/mol. The lowest BCUT2D eigenvalue weighted by atomic mass is 10.1. The highest BCUT2D eigenvalue weighted by Gasteiger charge is 2.24. The molecule has 2 rings (SSSR count). The third-order valence-electron chi connectivity index (χ3n) is 3.18. The van der Waals surface area contributed by atoms with E-state index in [2.05, 4.69) is 17.3 Å². The molecule has 1 unspecified atom stereocenters. The summed E-state index contributed by atoms with van der Waals surface area (Å²) in [5.74, 6) is -0.0866. The average molecular weight is 233 g/mol. The smallest absolute Gasteiger partial charge is 0.241 e. The van der Waals surface area contributed by atoms with E-state index < -0.39 is 6.04 Å². The second-order valence-corrected chi connectivity index (χ2v) is 4.64. The lowest BCUT2D eigenvalue weighted by molar-refractivity contribution is -0.123. The highest BCUT2D eigenvalue weighted by Crippen LogP contribution is 2.12. The van der Waals surface area contributed by atoms with Crippen molar-refractivity contribution < 1.29 is 4.79 Å². The SMILES string of the molecule is CN1CCC(NC(=O)[C@@H](N)c2ccccc2)C1. The van der Waals surface area contributed by atoms with Gasteiger partial charge in [-0.05, 0) is 25.6 Å². The zero-order chi connectivity index (χ0) is 12.3. The molecule has 1 aliphatic rings. The van der Waals surface area contributed by atoms with E-state index in [4.69, 9.17) is 5.73 Å². The van der Waals surface area contributed by atoms with Crippen molar-refractivity contribution in [3.63, 3.8) is 0 Å². The molecule has 1 fully saturated rings. The monoisotopic (exact) mass is 233 g/mol. The van der Waals surface area contributed by atoms with Gasteiger partial charge in [-0.2, -0.15) is 0 Å². The Balaban J connectivity index is 1.92. The molecule has 0 saturated carbocycles. The number of nitrogens with one attached hydrogen (secondary N) is 1. The fourth-order valence-electron chi connectivity index (χ4n) is 2.16. The van der Waals surface area contributed by atoms with Crippen molar-refractivity contribution in [3.05, 3.63) is 35.9 Å². The Hall–Kier alpha value is -1.39. The molecule has 2 atom stereocenters. The minimum atomic E-state index is -0.567. The van der Waals surface area contributed by atoms with Gasteiger partial charge in [-0.15, -0.1) is 0 Å². The molecule has 0 aliphatic carbocycles. The molecule has 0 bridgehead atoms. The normalized spacial score (nSPS) is 22.4. The van der Waals surface area contributed by atoms with Gasteiger partial charge in [-0.1, -0.05) is 30.3 Å². The summed E-state index contributed by atoms with van der Waals surface area (Å²) >= 11 is 0. The zero-order valence-corrected chi connectivity index (χ0v) is 10.1. The first-order chi connectivity index (χ1) is 8.16. The molecular weight excluding hydrogens is 214 g/mol. The topological polar surface area (TPSA) is 58.4 Å². The van der Waals surface area contributed by atoms with Crippen molar-refractivity contribution in [1.82, 2.24) is 10.2 Å². The summed E-state index contributed by atoms with van der Waals surface area (Å²) in [5, 5.41) is 3.00. The van der Waals surface area contributed by atoms with Crippen LogP contribution in [0, 0.1) is 0 Å². The average Bonchev–Trinajstić information content (AvgIpc) is 2.75. The summed E-state index contributed by atoms with van der Waals surface area (Å²) in [6.45, 7) is 1.94. The number of benzene rings is 1. The maximum absolute atomic E-state index is 12.0. The largest absolute Gasteiger partial charge is 0.350 e. The molecule has 0 radical (unpaired) electrons. The molecule has 1 saturated heterocycles. The van der Waals surface area contributed by atoms with Gasteiger partial charge in [0, 0.05) is 12.6 Å². The van der Waals surface area contributed by atoms with Crippen molar-refractivity contribution in [2.75, 3.05) is 20.1 Å². The molecule has 4 nitrogen and oxygen atoms in total. The van der Waals surface area contributed by atoms with Crippen LogP contribution in [0.3, 0.4) is 0 Å². The Bertz CT molecular complexity index is 380. The molecule has 1 aromatic carbocycles. The van der Waals surface area contributed by atoms with E-state index in [1.54, 1.807) is 0 Å². The van der Waals surface area contributed by atoms with Gasteiger partial charge in [-0.3, -0.25) is 4.79 Å². The fourth-order valence-corrected chi connectivity index (χ4v) is 2.16. The Morgan fingerprint density at radius 1 is 1.47 bits per heavy atom. The predicted octanol–water partition coefficient (Wildman–Crippen LogP) is 0.507. The molecule has 17 heavy (non-hydrogen) atoms. The summed E-state index contributed by atoms with van der Waals surface area (Å²) in [5.41, 5.74) is 6.78. The van der Waals surface area contributed by atoms with Crippen LogP contribution in [0.25, 0.3) is 0 Å². The van der Waals surface area contributed by atoms with Crippen LogP contribution in [0.4, 0.5) is 0 Å². The van der Waals surface area contributed by atoms with E-state index in [1.165, 1.54) is 0 Å². The van der Waals surface area contributed by atoms with E-state index in [9.17, 15) is 4.79 Å². The quantitative estimate of drug-likeness (QED) is 0.799. The Morgan fingerprint density at radius 2 is 2.18 bits per heavy atom. The van der Waals surface area contributed by atoms with Crippen LogP contribution in [0.1, 0.15) is 18.0 Å². The summed E-state index contributed by atoms with van der Waals surface area (Å²) in [6.07, 6.45) is 1.00. The van der Waals surface area contributed by atoms with Gasteiger partial charge in [0.25, 0.3) is 0 Å². The van der Waals surface area contributed by atoms with Gasteiger partial charge >= 0.3 is 0 Å². The van der Waals surface area contributed by atoms with Gasteiger partial charge in [0.1, 0.15) is 6.04 Å². The molecular formula is C13H19N3O. The van der Waals surface area contributed by atoms with E-state index in [0.29, 0.717) is 0 Å². The molecule has 1 aromatic rings. The van der Waals surface area contributed by atoms with E-state index in [-0.39, 0.29) is 11.9 Å². The number of rotatable bonds is 3. The van der Waals surface area contributed by atoms with Crippen molar-refractivity contribution in [2.24, 2.45) is 5.73 Å². The fraction of sp³-hybridized carbons (Fsp3) is 0.462. The van der Waals surface area contributed by atoms with Gasteiger partial charge in [0.05, 0.1) is 0 Å². The molecule has 1 amide bonds. The molecule has 3 N–H and O–H groups in total. The van der Waals surface area contributed by atoms with Crippen LogP contribution in [-0.2, 0) is 4.79 Å². The molecule has 0 aromatic heterocycles. The number of nitrogens with two attached hydrogens (primary N) is 1. The lowest BCUT2D eigenvalue weighted by Gasteiger charge is -2.17. The van der Waals surface area contributed by atoms with Crippen molar-refractivity contribution >= 4 is 5.91 Å². The second-order valence-electron chi connectivity index (χ2n) is 4.64. The van der Waals surface area contributed by atoms with Crippen molar-refractivity contribution in [2.45, 2.75) is 18.5 Å². The summed E-state index contributed by atoms with van der Waals surface area (Å²) in [6, 6.07) is 9.14. The van der Waals surface area contributed by atoms with Crippen LogP contribution in [-0.4, -0.2) is 37.0 Å². The van der Waals surface area contributed by atoms with Crippen LogP contribution < -0.4 is 11.1 Å². The number of nitrogens with zero attached hydrogens (tertiary/aromatic N) is 1. The third kappa shape index (κ3) is 3.05. The first-order valence-electron chi connectivity index (χ1n) is 5.96. The molecule has 92 valence electrons. The first-order valence-corrected chi connectivity index (χ1v) is 5.96. The minimum Gasteiger partial charge on any atom is -0.350 e. The van der Waals surface area contributed by atoms with Crippen molar-refractivity contribution in [1.29, 1.82) is 0 Å². The molecule has 0 spiro atoms. The number of likely N-dealkylation sites (tertiary alicyclic amines) is 1. The number of amides is 1. The highest BCUT2D eigenvalue weighted by atomic mass is 16.2. The van der Waals surface area contributed by atoms with E-state index >= 15 is 0 Å². The molecule has 1 aliphatic heterocycles. The first kappa shape index (κ1) is 12.1. The Kier molecular flexibility index (Phi) is 3.76. The van der Waals surface area contributed by atoms with Gasteiger partial charge in [-0.25, -0.2) is 0 Å². The summed E-state index contributed by atoms with van der Waals surface area (Å²) < 4.78 is 0. The van der Waals surface area contributed by atoms with E-state index in [0.717, 1.165) is 25.1 Å². The van der Waals surface area contributed by atoms with Crippen LogP contribution in [0.2, 0.25) is 0 Å². The molecule has 4 heteroatoms. The highest BCUT2D eigenvalue weighted by molar-refractivity contribution is 5.83. The van der Waals surface area contributed by atoms with Crippen LogP contribution >= 0.6 is 0 Å². The van der Waals surface area contributed by atoms with Crippen LogP contribution in [0.15, 0.2) is 30.3 Å². The van der Waals surface area contributed by atoms with Gasteiger partial charge in [0.15, 0.2) is 0 Å². The third-order valence-corrected chi connectivity index (χ3v) is 3.18. The molecule has 1 heterocycles. The standard InChI is InChI=1S/C13H19N3O/c1-16-8-7-11(9-16)15-13(17)12(14)10-5-3-2-4-6-10/h2-6,11-12H,7-9,14H2,1H3,(H,15,17)/t11?,12-/m0/s1. The Morgan fingerprint density at radius 3 is 2.76 bits per heavy atom. The van der Waals surface area contributed by atoms with Crippen LogP contribution in [0.5, 0.6) is 0 Å². The van der Waals surface area contributed by atoms with Gasteiger partial charge < -0.3 is 16.0 Å². The summed E-state index contributed by atoms with van der Waals surface area (Å²) in [4.78, 5) is 14.2. The van der Waals surface area contributed by atoms with Crippen molar-refractivity contribution in [3.8, 4) is 0 Å². The van der Waals surface area contributed by atoms with E-state index in [1.807, 2.05) is 30.3 Å². The second kappa shape index (κ2) is 5.29.